The molecule has 0 radical (unpaired) electrons. The molecule has 2 N–H and O–H groups in total. The largest absolute Gasteiger partial charge is 0.455 e. The lowest BCUT2D eigenvalue weighted by atomic mass is 10.2. The van der Waals surface area contributed by atoms with Crippen LogP contribution in [-0.4, -0.2) is 27.4 Å². The van der Waals surface area contributed by atoms with Gasteiger partial charge in [-0.05, 0) is 35.9 Å². The summed E-state index contributed by atoms with van der Waals surface area (Å²) in [7, 11) is -2.95. The topological polar surface area (TPSA) is 80.5 Å². The van der Waals surface area contributed by atoms with Gasteiger partial charge in [-0.15, -0.1) is 0 Å². The number of hydrogen-bond acceptors (Lipinski definition) is 5. The molecule has 28 heavy (non-hydrogen) atoms. The Kier molecular flexibility index (Phi) is 4.09. The van der Waals surface area contributed by atoms with Gasteiger partial charge in [0.1, 0.15) is 5.75 Å². The molecular weight excluding hydrogens is 375 g/mol. The predicted octanol–water partition coefficient (Wildman–Crippen LogP) is 4.34. The molecule has 3 aromatic rings. The predicted molar refractivity (Wildman–Crippen MR) is 108 cm³/mol. The average molecular weight is 394 g/mol. The van der Waals surface area contributed by atoms with Crippen molar-refractivity contribution in [1.82, 2.24) is 14.3 Å². The smallest absolute Gasteiger partial charge is 0.375 e. The van der Waals surface area contributed by atoms with Crippen LogP contribution in [0.4, 0.5) is 5.69 Å². The summed E-state index contributed by atoms with van der Waals surface area (Å²) in [5.74, 6) is 1.18. The molecule has 3 heterocycles. The molecule has 0 amide bonds. The summed E-state index contributed by atoms with van der Waals surface area (Å²) in [6.45, 7) is 1.80. The van der Waals surface area contributed by atoms with E-state index >= 15 is 0 Å². The van der Waals surface area contributed by atoms with Gasteiger partial charge in [-0.2, -0.15) is 0 Å². The van der Waals surface area contributed by atoms with Gasteiger partial charge in [0.25, 0.3) is 0 Å². The number of fused-ring (bicyclic) bond motifs is 1. The lowest BCUT2D eigenvalue weighted by Crippen LogP contribution is -2.07. The zero-order valence-corrected chi connectivity index (χ0v) is 16.0. The Labute approximate surface area is 162 Å². The number of benzene rings is 2. The summed E-state index contributed by atoms with van der Waals surface area (Å²) in [5.41, 5.74) is 8.30. The van der Waals surface area contributed by atoms with E-state index in [1.807, 2.05) is 47.1 Å². The van der Waals surface area contributed by atoms with Crippen molar-refractivity contribution in [2.45, 2.75) is 6.61 Å². The number of hydrogen-bond donors (Lipinski definition) is 1. The average Bonchev–Trinajstić information content (AvgIpc) is 3.59. The van der Waals surface area contributed by atoms with E-state index in [0.717, 1.165) is 29.6 Å². The van der Waals surface area contributed by atoms with Gasteiger partial charge in [-0.1, -0.05) is 12.1 Å². The molecule has 142 valence electrons. The minimum Gasteiger partial charge on any atom is -0.455 e. The highest BCUT2D eigenvalue weighted by Crippen LogP contribution is 2.61. The van der Waals surface area contributed by atoms with Gasteiger partial charge >= 0.3 is 7.67 Å². The standard InChI is InChI=1S/C20H19N4O3P/c21-18-6-3-15(14-26-28(25,23-8-9-23)24-10-11-24)12-20(18)27-17-5-4-16-2-1-7-22-19(16)13-17/h1-9,12-13H,10-11,14,21H2. The molecule has 2 aliphatic heterocycles. The molecule has 7 nitrogen and oxygen atoms in total. The van der Waals surface area contributed by atoms with Crippen molar-refractivity contribution >= 4 is 24.3 Å². The number of aromatic nitrogens is 1. The highest BCUT2D eigenvalue weighted by atomic mass is 31.2. The Hall–Kier alpha value is -2.86. The van der Waals surface area contributed by atoms with Crippen molar-refractivity contribution in [3.8, 4) is 11.5 Å². The Balaban J connectivity index is 1.34. The summed E-state index contributed by atoms with van der Waals surface area (Å²) in [6, 6.07) is 15.0. The first-order valence-electron chi connectivity index (χ1n) is 9.00. The van der Waals surface area contributed by atoms with Crippen molar-refractivity contribution in [3.05, 3.63) is 72.7 Å². The molecule has 0 aliphatic carbocycles. The Morgan fingerprint density at radius 3 is 2.75 bits per heavy atom. The summed E-state index contributed by atoms with van der Waals surface area (Å²) in [4.78, 5) is 4.35. The number of nitrogen functional groups attached to an aromatic ring is 1. The first-order valence-corrected chi connectivity index (χ1v) is 10.5. The van der Waals surface area contributed by atoms with Crippen molar-refractivity contribution in [2.75, 3.05) is 18.8 Å². The molecule has 0 bridgehead atoms. The van der Waals surface area contributed by atoms with E-state index in [0.29, 0.717) is 17.2 Å². The maximum Gasteiger partial charge on any atom is 0.375 e. The molecule has 1 atom stereocenters. The highest BCUT2D eigenvalue weighted by molar-refractivity contribution is 7.54. The second-order valence-corrected chi connectivity index (χ2v) is 8.99. The van der Waals surface area contributed by atoms with Gasteiger partial charge in [-0.3, -0.25) is 14.2 Å². The fraction of sp³-hybridized carbons (Fsp3) is 0.150. The van der Waals surface area contributed by atoms with Gasteiger partial charge in [0.2, 0.25) is 0 Å². The van der Waals surface area contributed by atoms with E-state index < -0.39 is 7.67 Å². The fourth-order valence-corrected chi connectivity index (χ4v) is 4.84. The third-order valence-electron chi connectivity index (χ3n) is 4.64. The molecule has 0 saturated carbocycles. The van der Waals surface area contributed by atoms with Gasteiger partial charge in [0.15, 0.2) is 5.75 Å². The lowest BCUT2D eigenvalue weighted by Gasteiger charge is -2.20. The molecule has 5 rings (SSSR count). The van der Waals surface area contributed by atoms with Gasteiger partial charge < -0.3 is 10.5 Å². The van der Waals surface area contributed by atoms with E-state index in [-0.39, 0.29) is 6.61 Å². The van der Waals surface area contributed by atoms with Crippen molar-refractivity contribution in [3.63, 3.8) is 0 Å². The second-order valence-electron chi connectivity index (χ2n) is 6.73. The minimum atomic E-state index is -2.95. The van der Waals surface area contributed by atoms with Gasteiger partial charge in [-0.25, -0.2) is 9.24 Å². The molecule has 0 spiro atoms. The van der Waals surface area contributed by atoms with Crippen LogP contribution in [0.15, 0.2) is 67.1 Å². The summed E-state index contributed by atoms with van der Waals surface area (Å²) >= 11 is 0. The monoisotopic (exact) mass is 394 g/mol. The third kappa shape index (κ3) is 3.36. The number of nitrogens with two attached hydrogens (primary N) is 1. The SMILES string of the molecule is Nc1ccc(COP(=O)(N2C=C2)N2CC2)cc1Oc1ccc2cccnc2c1. The molecule has 2 aliphatic rings. The van der Waals surface area contributed by atoms with Crippen LogP contribution in [0.3, 0.4) is 0 Å². The summed E-state index contributed by atoms with van der Waals surface area (Å²) in [5, 5.41) is 1.04. The number of nitrogens with zero attached hydrogens (tertiary/aromatic N) is 3. The van der Waals surface area contributed by atoms with Crippen LogP contribution in [0.1, 0.15) is 5.56 Å². The van der Waals surface area contributed by atoms with Crippen LogP contribution in [-0.2, 0) is 15.7 Å². The van der Waals surface area contributed by atoms with Gasteiger partial charge in [0, 0.05) is 43.1 Å². The van der Waals surface area contributed by atoms with Crippen LogP contribution in [0.5, 0.6) is 11.5 Å². The maximum absolute atomic E-state index is 13.0. The quantitative estimate of drug-likeness (QED) is 0.363. The summed E-state index contributed by atoms with van der Waals surface area (Å²) in [6.07, 6.45) is 5.28. The number of pyridine rings is 1. The molecule has 1 aromatic heterocycles. The molecule has 1 fully saturated rings. The minimum absolute atomic E-state index is 0.210. The van der Waals surface area contributed by atoms with E-state index in [4.69, 9.17) is 15.0 Å². The van der Waals surface area contributed by atoms with E-state index in [9.17, 15) is 4.57 Å². The molecular formula is C20H19N4O3P. The Bertz CT molecular complexity index is 1120. The van der Waals surface area contributed by atoms with Crippen LogP contribution in [0.25, 0.3) is 10.9 Å². The van der Waals surface area contributed by atoms with E-state index in [1.165, 1.54) is 0 Å². The zero-order chi connectivity index (χ0) is 19.1. The number of ether oxygens (including phenoxy) is 1. The Morgan fingerprint density at radius 2 is 1.96 bits per heavy atom. The zero-order valence-electron chi connectivity index (χ0n) is 15.1. The van der Waals surface area contributed by atoms with Crippen molar-refractivity contribution in [2.24, 2.45) is 0 Å². The van der Waals surface area contributed by atoms with Gasteiger partial charge in [0.05, 0.1) is 17.8 Å². The molecule has 1 unspecified atom stereocenters. The van der Waals surface area contributed by atoms with Crippen molar-refractivity contribution < 1.29 is 13.8 Å². The number of rotatable bonds is 7. The molecule has 2 aromatic carbocycles. The van der Waals surface area contributed by atoms with Crippen molar-refractivity contribution in [1.29, 1.82) is 0 Å². The number of anilines is 1. The molecule has 8 heteroatoms. The van der Waals surface area contributed by atoms with E-state index in [2.05, 4.69) is 4.98 Å². The maximum atomic E-state index is 13.0. The fourth-order valence-electron chi connectivity index (χ4n) is 2.94. The normalized spacial score (nSPS) is 17.5. The summed E-state index contributed by atoms with van der Waals surface area (Å²) < 4.78 is 28.3. The lowest BCUT2D eigenvalue weighted by molar-refractivity contribution is 0.266. The first-order chi connectivity index (χ1) is 13.6. The first kappa shape index (κ1) is 17.3. The molecule has 1 saturated heterocycles. The van der Waals surface area contributed by atoms with Crippen LogP contribution in [0.2, 0.25) is 0 Å². The highest BCUT2D eigenvalue weighted by Gasteiger charge is 2.46. The Morgan fingerprint density at radius 1 is 1.11 bits per heavy atom. The third-order valence-corrected chi connectivity index (χ3v) is 7.07. The van der Waals surface area contributed by atoms with Crippen LogP contribution in [0, 0.1) is 0 Å². The second kappa shape index (κ2) is 6.63. The van der Waals surface area contributed by atoms with Crippen LogP contribution < -0.4 is 10.5 Å². The van der Waals surface area contributed by atoms with Crippen LogP contribution >= 0.6 is 7.67 Å². The van der Waals surface area contributed by atoms with E-state index in [1.54, 1.807) is 29.3 Å².